The minimum absolute atomic E-state index is 0.0365. The van der Waals surface area contributed by atoms with E-state index in [0.29, 0.717) is 6.54 Å². The van der Waals surface area contributed by atoms with Crippen LogP contribution in [0.15, 0.2) is 54.7 Å². The highest BCUT2D eigenvalue weighted by Gasteiger charge is 2.11. The third-order valence-corrected chi connectivity index (χ3v) is 3.85. The van der Waals surface area contributed by atoms with Crippen molar-refractivity contribution in [1.29, 1.82) is 0 Å². The first-order valence-corrected chi connectivity index (χ1v) is 7.40. The summed E-state index contributed by atoms with van der Waals surface area (Å²) in [7, 11) is 0. The summed E-state index contributed by atoms with van der Waals surface area (Å²) in [5.74, 6) is -0.239. The fraction of sp³-hybridized carbons (Fsp3) is 0.222. The van der Waals surface area contributed by atoms with E-state index in [1.54, 1.807) is 6.07 Å². The Labute approximate surface area is 128 Å². The molecule has 0 saturated heterocycles. The second-order valence-electron chi connectivity index (χ2n) is 5.45. The van der Waals surface area contributed by atoms with Gasteiger partial charge in [-0.05, 0) is 35.7 Å². The molecule has 3 N–H and O–H groups in total. The van der Waals surface area contributed by atoms with Crippen molar-refractivity contribution in [2.45, 2.75) is 19.0 Å². The second kappa shape index (κ2) is 6.73. The fourth-order valence-electron chi connectivity index (χ4n) is 2.68. The molecule has 114 valence electrons. The highest BCUT2D eigenvalue weighted by molar-refractivity contribution is 5.83. The second-order valence-corrected chi connectivity index (χ2v) is 5.45. The van der Waals surface area contributed by atoms with Gasteiger partial charge in [-0.25, -0.2) is 4.39 Å². The van der Waals surface area contributed by atoms with Gasteiger partial charge in [-0.15, -0.1) is 0 Å². The normalized spacial score (nSPS) is 12.6. The summed E-state index contributed by atoms with van der Waals surface area (Å²) in [5, 5.41) is 14.0. The van der Waals surface area contributed by atoms with E-state index in [2.05, 4.69) is 16.4 Å². The predicted molar refractivity (Wildman–Crippen MR) is 86.1 cm³/mol. The molecule has 2 aromatic carbocycles. The van der Waals surface area contributed by atoms with Gasteiger partial charge in [0.25, 0.3) is 0 Å². The van der Waals surface area contributed by atoms with Crippen LogP contribution >= 0.6 is 0 Å². The van der Waals surface area contributed by atoms with E-state index in [9.17, 15) is 9.50 Å². The Kier molecular flexibility index (Phi) is 4.51. The number of fused-ring (bicyclic) bond motifs is 1. The third-order valence-electron chi connectivity index (χ3n) is 3.85. The van der Waals surface area contributed by atoms with Gasteiger partial charge >= 0.3 is 0 Å². The quantitative estimate of drug-likeness (QED) is 0.655. The van der Waals surface area contributed by atoms with E-state index in [4.69, 9.17) is 0 Å². The third kappa shape index (κ3) is 3.35. The van der Waals surface area contributed by atoms with Crippen LogP contribution in [0.2, 0.25) is 0 Å². The Hall–Kier alpha value is -2.17. The van der Waals surface area contributed by atoms with Gasteiger partial charge < -0.3 is 15.4 Å². The van der Waals surface area contributed by atoms with Gasteiger partial charge in [0.1, 0.15) is 5.82 Å². The SMILES string of the molecule is OCC(Cc1c[nH]c2ccccc12)NCc1cccc(F)c1. The number of nitrogens with one attached hydrogen (secondary N) is 2. The predicted octanol–water partition coefficient (Wildman–Crippen LogP) is 3.00. The number of hydrogen-bond donors (Lipinski definition) is 3. The Morgan fingerprint density at radius 1 is 1.14 bits per heavy atom. The van der Waals surface area contributed by atoms with E-state index in [1.807, 2.05) is 30.5 Å². The molecule has 1 aromatic heterocycles. The summed E-state index contributed by atoms with van der Waals surface area (Å²) in [5.41, 5.74) is 3.14. The lowest BCUT2D eigenvalue weighted by atomic mass is 10.1. The first kappa shape index (κ1) is 14.8. The van der Waals surface area contributed by atoms with Crippen molar-refractivity contribution in [2.24, 2.45) is 0 Å². The molecule has 0 spiro atoms. The molecule has 1 heterocycles. The molecule has 1 atom stereocenters. The molecule has 0 fully saturated rings. The van der Waals surface area contributed by atoms with Crippen LogP contribution in [0.3, 0.4) is 0 Å². The minimum Gasteiger partial charge on any atom is -0.395 e. The van der Waals surface area contributed by atoms with Gasteiger partial charge in [0.2, 0.25) is 0 Å². The highest BCUT2D eigenvalue weighted by Crippen LogP contribution is 2.19. The molecule has 1 unspecified atom stereocenters. The minimum atomic E-state index is -0.239. The van der Waals surface area contributed by atoms with Crippen molar-refractivity contribution >= 4 is 10.9 Å². The number of H-pyrrole nitrogens is 1. The maximum Gasteiger partial charge on any atom is 0.123 e. The van der Waals surface area contributed by atoms with E-state index in [1.165, 1.54) is 23.1 Å². The van der Waals surface area contributed by atoms with E-state index >= 15 is 0 Å². The number of para-hydroxylation sites is 1. The average molecular weight is 298 g/mol. The Morgan fingerprint density at radius 3 is 2.82 bits per heavy atom. The lowest BCUT2D eigenvalue weighted by Crippen LogP contribution is -2.34. The Bertz CT molecular complexity index is 753. The number of benzene rings is 2. The molecule has 0 bridgehead atoms. The maximum absolute atomic E-state index is 13.2. The summed E-state index contributed by atoms with van der Waals surface area (Å²) >= 11 is 0. The van der Waals surface area contributed by atoms with Crippen LogP contribution in [0, 0.1) is 5.82 Å². The molecule has 3 aromatic rings. The average Bonchev–Trinajstić information content (AvgIpc) is 2.94. The monoisotopic (exact) mass is 298 g/mol. The topological polar surface area (TPSA) is 48.0 Å². The van der Waals surface area contributed by atoms with Crippen molar-refractivity contribution in [1.82, 2.24) is 10.3 Å². The van der Waals surface area contributed by atoms with Crippen molar-refractivity contribution in [3.63, 3.8) is 0 Å². The zero-order chi connectivity index (χ0) is 15.4. The molecule has 4 heteroatoms. The summed E-state index contributed by atoms with van der Waals surface area (Å²) < 4.78 is 13.2. The standard InChI is InChI=1S/C18H19FN2O/c19-15-5-3-4-13(8-15)10-20-16(12-22)9-14-11-21-18-7-2-1-6-17(14)18/h1-8,11,16,20-22H,9-10,12H2. The van der Waals surface area contributed by atoms with Crippen molar-refractivity contribution in [3.05, 3.63) is 71.7 Å². The molecule has 0 aliphatic rings. The van der Waals surface area contributed by atoms with Crippen LogP contribution < -0.4 is 5.32 Å². The molecular formula is C18H19FN2O. The number of hydrogen-bond acceptors (Lipinski definition) is 2. The van der Waals surface area contributed by atoms with Crippen LogP contribution in [0.1, 0.15) is 11.1 Å². The van der Waals surface area contributed by atoms with Gasteiger partial charge in [0.15, 0.2) is 0 Å². The summed E-state index contributed by atoms with van der Waals surface area (Å²) in [6, 6.07) is 14.5. The largest absolute Gasteiger partial charge is 0.395 e. The molecule has 0 aliphatic heterocycles. The van der Waals surface area contributed by atoms with Gasteiger partial charge in [-0.1, -0.05) is 30.3 Å². The smallest absolute Gasteiger partial charge is 0.123 e. The number of aromatic amines is 1. The summed E-state index contributed by atoms with van der Waals surface area (Å²) in [6.45, 7) is 0.570. The molecule has 3 rings (SSSR count). The molecular weight excluding hydrogens is 279 g/mol. The first-order chi connectivity index (χ1) is 10.8. The van der Waals surface area contributed by atoms with Gasteiger partial charge in [0.05, 0.1) is 6.61 Å². The van der Waals surface area contributed by atoms with Crippen LogP contribution in [0.4, 0.5) is 4.39 Å². The van der Waals surface area contributed by atoms with Crippen molar-refractivity contribution < 1.29 is 9.50 Å². The number of halogens is 1. The molecule has 22 heavy (non-hydrogen) atoms. The molecule has 0 radical (unpaired) electrons. The van der Waals surface area contributed by atoms with E-state index < -0.39 is 0 Å². The zero-order valence-electron chi connectivity index (χ0n) is 12.2. The fourth-order valence-corrected chi connectivity index (χ4v) is 2.68. The molecule has 0 saturated carbocycles. The van der Waals surface area contributed by atoms with Crippen LogP contribution in [-0.4, -0.2) is 22.7 Å². The van der Waals surface area contributed by atoms with E-state index in [0.717, 1.165) is 17.5 Å². The number of aliphatic hydroxyl groups excluding tert-OH is 1. The van der Waals surface area contributed by atoms with Gasteiger partial charge in [0, 0.05) is 29.7 Å². The van der Waals surface area contributed by atoms with Gasteiger partial charge in [-0.3, -0.25) is 0 Å². The highest BCUT2D eigenvalue weighted by atomic mass is 19.1. The zero-order valence-corrected chi connectivity index (χ0v) is 12.2. The maximum atomic E-state index is 13.2. The molecule has 3 nitrogen and oxygen atoms in total. The van der Waals surface area contributed by atoms with Crippen molar-refractivity contribution in [2.75, 3.05) is 6.61 Å². The lowest BCUT2D eigenvalue weighted by molar-refractivity contribution is 0.241. The molecule has 0 amide bonds. The number of aliphatic hydroxyl groups is 1. The van der Waals surface area contributed by atoms with E-state index in [-0.39, 0.29) is 18.5 Å². The van der Waals surface area contributed by atoms with Crippen molar-refractivity contribution in [3.8, 4) is 0 Å². The van der Waals surface area contributed by atoms with Gasteiger partial charge in [-0.2, -0.15) is 0 Å². The number of rotatable bonds is 6. The van der Waals surface area contributed by atoms with Crippen LogP contribution in [-0.2, 0) is 13.0 Å². The molecule has 0 aliphatic carbocycles. The van der Waals surface area contributed by atoms with Crippen LogP contribution in [0.5, 0.6) is 0 Å². The summed E-state index contributed by atoms with van der Waals surface area (Å²) in [4.78, 5) is 3.24. The lowest BCUT2D eigenvalue weighted by Gasteiger charge is -2.16. The number of aromatic nitrogens is 1. The first-order valence-electron chi connectivity index (χ1n) is 7.40. The Balaban J connectivity index is 1.67. The Morgan fingerprint density at radius 2 is 2.00 bits per heavy atom. The summed E-state index contributed by atoms with van der Waals surface area (Å²) in [6.07, 6.45) is 2.70. The van der Waals surface area contributed by atoms with Crippen LogP contribution in [0.25, 0.3) is 10.9 Å².